The van der Waals surface area contributed by atoms with Crippen molar-refractivity contribution in [2.45, 2.75) is 5.51 Å². The van der Waals surface area contributed by atoms with Crippen molar-refractivity contribution in [3.63, 3.8) is 0 Å². The summed E-state index contributed by atoms with van der Waals surface area (Å²) in [6.07, 6.45) is 0. The number of nitrogens with zero attached hydrogens (tertiary/aromatic N) is 7. The monoisotopic (exact) mass is 588 g/mol. The predicted octanol–water partition coefficient (Wildman–Crippen LogP) is 4.69. The number of para-hydroxylation sites is 1. The van der Waals surface area contributed by atoms with Gasteiger partial charge in [0.15, 0.2) is 0 Å². The van der Waals surface area contributed by atoms with Gasteiger partial charge in [0, 0.05) is 28.2 Å². The largest absolute Gasteiger partial charge is 0.516 e. The molecule has 4 heterocycles. The highest BCUT2D eigenvalue weighted by Gasteiger charge is 2.47. The van der Waals surface area contributed by atoms with Gasteiger partial charge in [-0.1, -0.05) is 24.3 Å². The first kappa shape index (κ1) is 29.4. The SMILES string of the molecule is CN1c2cccc(n2)N(C)c2cccc(n2)N(C)c2cccc(c2NS(=O)(=O)C(F)(F)F)N(C)c2cccc1n2.O. The molecule has 15 heteroatoms. The molecule has 41 heavy (non-hydrogen) atoms. The third kappa shape index (κ3) is 5.40. The van der Waals surface area contributed by atoms with E-state index in [1.165, 1.54) is 21.9 Å². The first-order chi connectivity index (χ1) is 18.9. The van der Waals surface area contributed by atoms with Crippen LogP contribution >= 0.6 is 0 Å². The molecule has 0 saturated heterocycles. The van der Waals surface area contributed by atoms with Gasteiger partial charge < -0.3 is 25.1 Å². The number of benzene rings is 1. The summed E-state index contributed by atoms with van der Waals surface area (Å²) in [5.74, 6) is 2.92. The average Bonchev–Trinajstić information content (AvgIpc) is 2.94. The van der Waals surface area contributed by atoms with E-state index in [9.17, 15) is 21.6 Å². The Balaban J connectivity index is 0.00000387. The number of alkyl halides is 3. The topological polar surface area (TPSA) is 129 Å². The van der Waals surface area contributed by atoms with Gasteiger partial charge in [-0.05, 0) is 48.5 Å². The van der Waals surface area contributed by atoms with Crippen LogP contribution in [0.1, 0.15) is 0 Å². The van der Waals surface area contributed by atoms with Crippen LogP contribution in [0, 0.1) is 0 Å². The lowest BCUT2D eigenvalue weighted by Gasteiger charge is -2.29. The van der Waals surface area contributed by atoms with E-state index in [2.05, 4.69) is 0 Å². The summed E-state index contributed by atoms with van der Waals surface area (Å²) in [6.45, 7) is 0. The summed E-state index contributed by atoms with van der Waals surface area (Å²) in [5.41, 5.74) is -5.53. The first-order valence-corrected chi connectivity index (χ1v) is 13.4. The van der Waals surface area contributed by atoms with Crippen LogP contribution in [0.15, 0.2) is 72.8 Å². The Morgan fingerprint density at radius 3 is 1.20 bits per heavy atom. The zero-order chi connectivity index (χ0) is 28.8. The summed E-state index contributed by atoms with van der Waals surface area (Å²) >= 11 is 0. The molecule has 0 spiro atoms. The van der Waals surface area contributed by atoms with Crippen LogP contribution in [-0.2, 0) is 10.0 Å². The maximum atomic E-state index is 13.5. The molecule has 0 amide bonds. The normalized spacial score (nSPS) is 13.5. The lowest BCUT2D eigenvalue weighted by molar-refractivity contribution is -0.0429. The van der Waals surface area contributed by atoms with Gasteiger partial charge in [0.25, 0.3) is 0 Å². The van der Waals surface area contributed by atoms with Gasteiger partial charge in [0.1, 0.15) is 34.9 Å². The van der Waals surface area contributed by atoms with Gasteiger partial charge in [-0.2, -0.15) is 21.6 Å². The number of sulfonamides is 1. The number of hydrogen-bond acceptors (Lipinski definition) is 9. The van der Waals surface area contributed by atoms with E-state index in [1.54, 1.807) is 85.2 Å². The highest BCUT2D eigenvalue weighted by Crippen LogP contribution is 2.42. The van der Waals surface area contributed by atoms with Crippen molar-refractivity contribution >= 4 is 62.0 Å². The number of nitrogens with one attached hydrogen (secondary N) is 1. The standard InChI is InChI=1S/C26H25F3N8O2S.H2O/c1-34-17-9-5-10-18(25(17)33-40(38,39)26(27,28)29)35(2)20-12-7-14-22(31-20)37(4)24-16-8-15-23(32-24)36(3)21-13-6-11-19(34)30-21;/h5-16,33H,1-4H3;1H2. The molecular weight excluding hydrogens is 561 g/mol. The fraction of sp³-hybridized carbons (Fsp3) is 0.192. The van der Waals surface area contributed by atoms with Gasteiger partial charge >= 0.3 is 15.5 Å². The van der Waals surface area contributed by atoms with Gasteiger partial charge in [0.05, 0.1) is 17.1 Å². The van der Waals surface area contributed by atoms with E-state index in [-0.39, 0.29) is 22.5 Å². The molecule has 0 radical (unpaired) electrons. The number of hydrogen-bond donors (Lipinski definition) is 1. The summed E-state index contributed by atoms with van der Waals surface area (Å²) in [5, 5.41) is 0. The number of halogens is 3. The Morgan fingerprint density at radius 2 is 0.878 bits per heavy atom. The van der Waals surface area contributed by atoms with E-state index in [4.69, 9.17) is 15.0 Å². The van der Waals surface area contributed by atoms with E-state index in [1.807, 2.05) is 18.2 Å². The fourth-order valence-corrected chi connectivity index (χ4v) is 4.82. The smallest absolute Gasteiger partial charge is 0.412 e. The fourth-order valence-electron chi connectivity index (χ4n) is 4.22. The zero-order valence-corrected chi connectivity index (χ0v) is 23.2. The second-order valence-corrected chi connectivity index (χ2v) is 10.7. The van der Waals surface area contributed by atoms with Gasteiger partial charge in [0.2, 0.25) is 0 Å². The van der Waals surface area contributed by atoms with Gasteiger partial charge in [-0.3, -0.25) is 4.72 Å². The van der Waals surface area contributed by atoms with E-state index >= 15 is 0 Å². The molecule has 0 aliphatic carbocycles. The van der Waals surface area contributed by atoms with Crippen LogP contribution in [0.3, 0.4) is 0 Å². The number of pyridine rings is 3. The van der Waals surface area contributed by atoms with Gasteiger partial charge in [-0.15, -0.1) is 0 Å². The Labute approximate surface area is 234 Å². The molecule has 8 bridgehead atoms. The molecule has 4 aromatic rings. The summed E-state index contributed by atoms with van der Waals surface area (Å²) in [7, 11) is 0.993. The van der Waals surface area contributed by atoms with Crippen LogP contribution in [0.25, 0.3) is 0 Å². The van der Waals surface area contributed by atoms with Crippen molar-refractivity contribution in [2.75, 3.05) is 52.5 Å². The molecule has 1 aromatic carbocycles. The third-order valence-corrected chi connectivity index (χ3v) is 7.59. The number of fused-ring (bicyclic) bond motifs is 8. The molecule has 1 aliphatic rings. The molecular formula is C26H27F3N8O3S. The Kier molecular flexibility index (Phi) is 7.69. The lowest BCUT2D eigenvalue weighted by atomic mass is 10.2. The number of rotatable bonds is 2. The maximum Gasteiger partial charge on any atom is 0.516 e. The molecule has 1 aliphatic heterocycles. The maximum absolute atomic E-state index is 13.5. The molecule has 3 aromatic heterocycles. The summed E-state index contributed by atoms with van der Waals surface area (Å²) in [6, 6.07) is 20.5. The van der Waals surface area contributed by atoms with Crippen LogP contribution in [0.4, 0.5) is 65.1 Å². The zero-order valence-electron chi connectivity index (χ0n) is 22.4. The quantitative estimate of drug-likeness (QED) is 0.354. The summed E-state index contributed by atoms with van der Waals surface area (Å²) < 4.78 is 67.1. The first-order valence-electron chi connectivity index (χ1n) is 12.0. The van der Waals surface area contributed by atoms with E-state index in [0.29, 0.717) is 34.9 Å². The number of aromatic nitrogens is 3. The lowest BCUT2D eigenvalue weighted by Crippen LogP contribution is -2.31. The van der Waals surface area contributed by atoms with Crippen molar-refractivity contribution in [1.82, 2.24) is 15.0 Å². The van der Waals surface area contributed by atoms with Gasteiger partial charge in [-0.25, -0.2) is 15.0 Å². The van der Waals surface area contributed by atoms with Crippen molar-refractivity contribution in [3.8, 4) is 0 Å². The minimum atomic E-state index is -5.77. The molecule has 216 valence electrons. The number of anilines is 9. The second kappa shape index (κ2) is 10.7. The predicted molar refractivity (Wildman–Crippen MR) is 154 cm³/mol. The Bertz CT molecular complexity index is 1590. The van der Waals surface area contributed by atoms with Crippen LogP contribution in [0.5, 0.6) is 0 Å². The van der Waals surface area contributed by atoms with Crippen molar-refractivity contribution < 1.29 is 27.1 Å². The third-order valence-electron chi connectivity index (χ3n) is 6.51. The highest BCUT2D eigenvalue weighted by molar-refractivity contribution is 7.93. The van der Waals surface area contributed by atoms with Crippen molar-refractivity contribution in [2.24, 2.45) is 0 Å². The van der Waals surface area contributed by atoms with E-state index in [0.717, 1.165) is 0 Å². The van der Waals surface area contributed by atoms with E-state index < -0.39 is 15.5 Å². The van der Waals surface area contributed by atoms with Crippen molar-refractivity contribution in [3.05, 3.63) is 72.8 Å². The van der Waals surface area contributed by atoms with Crippen molar-refractivity contribution in [1.29, 1.82) is 0 Å². The molecule has 0 unspecified atom stereocenters. The molecule has 0 saturated carbocycles. The summed E-state index contributed by atoms with van der Waals surface area (Å²) in [4.78, 5) is 20.7. The second-order valence-electron chi connectivity index (χ2n) is 9.02. The average molecular weight is 589 g/mol. The van der Waals surface area contributed by atoms with Crippen LogP contribution in [-0.4, -0.2) is 62.5 Å². The molecule has 5 rings (SSSR count). The molecule has 11 nitrogen and oxygen atoms in total. The molecule has 0 fully saturated rings. The Morgan fingerprint density at radius 1 is 0.585 bits per heavy atom. The molecule has 0 atom stereocenters. The minimum Gasteiger partial charge on any atom is -0.412 e. The molecule has 3 N–H and O–H groups in total. The Hall–Kier alpha value is -4.63. The highest BCUT2D eigenvalue weighted by atomic mass is 32.2. The van der Waals surface area contributed by atoms with Crippen LogP contribution in [0.2, 0.25) is 0 Å². The van der Waals surface area contributed by atoms with Crippen LogP contribution < -0.4 is 24.3 Å². The minimum absolute atomic E-state index is 0.